The Morgan fingerprint density at radius 3 is 2.88 bits per heavy atom. The van der Waals surface area contributed by atoms with E-state index in [4.69, 9.17) is 20.9 Å². The van der Waals surface area contributed by atoms with Crippen LogP contribution in [0.5, 0.6) is 0 Å². The highest BCUT2D eigenvalue weighted by Crippen LogP contribution is 2.40. The molecule has 1 fully saturated rings. The lowest BCUT2D eigenvalue weighted by Gasteiger charge is -2.38. The summed E-state index contributed by atoms with van der Waals surface area (Å²) in [7, 11) is 1.29. The van der Waals surface area contributed by atoms with E-state index in [2.05, 4.69) is 5.16 Å². The Morgan fingerprint density at radius 2 is 2.25 bits per heavy atom. The van der Waals surface area contributed by atoms with Gasteiger partial charge in [0.05, 0.1) is 13.2 Å². The van der Waals surface area contributed by atoms with Crippen molar-refractivity contribution in [3.8, 4) is 0 Å². The van der Waals surface area contributed by atoms with E-state index >= 15 is 0 Å². The number of rotatable bonds is 2. The Kier molecular flexibility index (Phi) is 4.62. The van der Waals surface area contributed by atoms with E-state index in [-0.39, 0.29) is 16.5 Å². The van der Waals surface area contributed by atoms with Gasteiger partial charge in [-0.25, -0.2) is 9.18 Å². The van der Waals surface area contributed by atoms with Gasteiger partial charge >= 0.3 is 6.09 Å². The zero-order valence-corrected chi connectivity index (χ0v) is 13.7. The molecule has 2 atom stereocenters. The third kappa shape index (κ3) is 3.17. The van der Waals surface area contributed by atoms with Gasteiger partial charge in [-0.3, -0.25) is 4.79 Å². The van der Waals surface area contributed by atoms with Crippen LogP contribution in [0, 0.1) is 5.82 Å². The Labute approximate surface area is 142 Å². The number of piperidine rings is 1. The average Bonchev–Trinajstić information content (AvgIpc) is 3.00. The second kappa shape index (κ2) is 6.68. The zero-order valence-electron chi connectivity index (χ0n) is 12.9. The van der Waals surface area contributed by atoms with E-state index in [1.54, 1.807) is 12.1 Å². The molecule has 0 aliphatic carbocycles. The van der Waals surface area contributed by atoms with Gasteiger partial charge in [0.15, 0.2) is 0 Å². The number of halogens is 2. The fourth-order valence-corrected chi connectivity index (χ4v) is 3.28. The molecule has 2 unspecified atom stereocenters. The second-order valence-electron chi connectivity index (χ2n) is 5.68. The van der Waals surface area contributed by atoms with E-state index in [1.807, 2.05) is 0 Å². The van der Waals surface area contributed by atoms with Gasteiger partial charge in [0.2, 0.25) is 0 Å². The van der Waals surface area contributed by atoms with Crippen LogP contribution in [0.1, 0.15) is 36.1 Å². The van der Waals surface area contributed by atoms with Crippen LogP contribution in [0.2, 0.25) is 5.02 Å². The first-order valence-electron chi connectivity index (χ1n) is 7.47. The number of likely N-dealkylation sites (tertiary alicyclic amines) is 1. The summed E-state index contributed by atoms with van der Waals surface area (Å²) in [6.07, 6.45) is 0.471. The number of benzene rings is 1. The highest BCUT2D eigenvalue weighted by Gasteiger charge is 2.36. The topological polar surface area (TPSA) is 75.5 Å². The quantitative estimate of drug-likeness (QED) is 0.896. The molecule has 1 aromatic carbocycles. The first-order valence-corrected chi connectivity index (χ1v) is 7.85. The van der Waals surface area contributed by atoms with Gasteiger partial charge in [0, 0.05) is 29.1 Å². The van der Waals surface area contributed by atoms with Crippen molar-refractivity contribution >= 4 is 17.7 Å². The first-order chi connectivity index (χ1) is 11.5. The monoisotopic (exact) mass is 354 g/mol. The summed E-state index contributed by atoms with van der Waals surface area (Å²) in [4.78, 5) is 24.8. The number of methoxy groups -OCH3 is 1. The smallest absolute Gasteiger partial charge is 0.409 e. The van der Waals surface area contributed by atoms with Crippen molar-refractivity contribution in [2.24, 2.45) is 0 Å². The molecule has 6 nitrogen and oxygen atoms in total. The van der Waals surface area contributed by atoms with Gasteiger partial charge in [-0.1, -0.05) is 17.7 Å². The van der Waals surface area contributed by atoms with Gasteiger partial charge in [0.25, 0.3) is 5.56 Å². The van der Waals surface area contributed by atoms with Crippen LogP contribution in [0.15, 0.2) is 33.6 Å². The highest BCUT2D eigenvalue weighted by atomic mass is 35.5. The van der Waals surface area contributed by atoms with E-state index in [0.29, 0.717) is 30.7 Å². The minimum atomic E-state index is -0.534. The van der Waals surface area contributed by atoms with E-state index in [0.717, 1.165) is 0 Å². The molecule has 24 heavy (non-hydrogen) atoms. The first kappa shape index (κ1) is 16.6. The number of hydrogen-bond donors (Lipinski definition) is 1. The third-order valence-corrected chi connectivity index (χ3v) is 4.51. The Morgan fingerprint density at radius 1 is 1.46 bits per heavy atom. The maximum atomic E-state index is 14.4. The zero-order chi connectivity index (χ0) is 17.3. The number of nitrogens with zero attached hydrogens (tertiary/aromatic N) is 1. The molecule has 0 bridgehead atoms. The van der Waals surface area contributed by atoms with Crippen LogP contribution < -0.4 is 5.56 Å². The molecular weight excluding hydrogens is 339 g/mol. The number of carbonyl (C=O) groups is 1. The Hall–Kier alpha value is -2.28. The Balaban J connectivity index is 1.95. The van der Waals surface area contributed by atoms with Crippen molar-refractivity contribution in [2.75, 3.05) is 13.7 Å². The minimum absolute atomic E-state index is 0.107. The number of carbonyl (C=O) groups excluding carboxylic acids is 1. The summed E-state index contributed by atoms with van der Waals surface area (Å²) in [6, 6.07) is 5.21. The van der Waals surface area contributed by atoms with Crippen molar-refractivity contribution in [1.82, 2.24) is 10.1 Å². The lowest BCUT2D eigenvalue weighted by Crippen LogP contribution is -2.40. The van der Waals surface area contributed by atoms with Crippen LogP contribution in [0.3, 0.4) is 0 Å². The molecule has 1 N–H and O–H groups in total. The third-order valence-electron chi connectivity index (χ3n) is 4.28. The van der Waals surface area contributed by atoms with E-state index < -0.39 is 18.0 Å². The molecule has 2 heterocycles. The predicted molar refractivity (Wildman–Crippen MR) is 84.6 cm³/mol. The summed E-state index contributed by atoms with van der Waals surface area (Å²) >= 11 is 5.81. The van der Waals surface area contributed by atoms with Crippen LogP contribution in [-0.4, -0.2) is 29.8 Å². The fourth-order valence-electron chi connectivity index (χ4n) is 3.12. The largest absolute Gasteiger partial charge is 0.453 e. The summed E-state index contributed by atoms with van der Waals surface area (Å²) in [5.41, 5.74) is 0.0296. The molecule has 128 valence electrons. The van der Waals surface area contributed by atoms with Crippen molar-refractivity contribution in [3.63, 3.8) is 0 Å². The molecular formula is C16H16ClFN2O4. The molecule has 0 spiro atoms. The molecule has 1 aliphatic heterocycles. The van der Waals surface area contributed by atoms with Crippen LogP contribution in [0.25, 0.3) is 0 Å². The van der Waals surface area contributed by atoms with Crippen molar-refractivity contribution in [2.45, 2.75) is 24.8 Å². The van der Waals surface area contributed by atoms with Crippen molar-refractivity contribution in [3.05, 3.63) is 56.8 Å². The van der Waals surface area contributed by atoms with Gasteiger partial charge in [-0.15, -0.1) is 0 Å². The molecule has 1 aromatic heterocycles. The summed E-state index contributed by atoms with van der Waals surface area (Å²) < 4.78 is 24.3. The number of ether oxygens (including phenoxy) is 1. The van der Waals surface area contributed by atoms with Gasteiger partial charge < -0.3 is 14.2 Å². The molecule has 1 saturated heterocycles. The van der Waals surface area contributed by atoms with Crippen LogP contribution in [0.4, 0.5) is 9.18 Å². The Bertz CT molecular complexity index is 803. The average molecular weight is 355 g/mol. The van der Waals surface area contributed by atoms with Crippen LogP contribution in [-0.2, 0) is 4.74 Å². The summed E-state index contributed by atoms with van der Waals surface area (Å²) in [5, 5.41) is 2.54. The number of hydrogen-bond acceptors (Lipinski definition) is 4. The summed E-state index contributed by atoms with van der Waals surface area (Å²) in [5.74, 6) is -0.0913. The van der Waals surface area contributed by atoms with Gasteiger partial charge in [-0.05, 0) is 25.0 Å². The molecule has 1 amide bonds. The number of amides is 1. The minimum Gasteiger partial charge on any atom is -0.453 e. The standard InChI is InChI=1S/C16H16ClFN2O4/c1-23-16(22)20-5-4-9(14-8-15(21)19-24-14)6-13(20)11-3-2-10(17)7-12(11)18/h2-3,7-9,13H,4-6H2,1H3,(H,19,21). The molecule has 2 aromatic rings. The highest BCUT2D eigenvalue weighted by molar-refractivity contribution is 6.30. The molecule has 8 heteroatoms. The number of aromatic nitrogens is 1. The number of nitrogens with one attached hydrogen (secondary N) is 1. The van der Waals surface area contributed by atoms with Gasteiger partial charge in [0.1, 0.15) is 11.6 Å². The van der Waals surface area contributed by atoms with Crippen LogP contribution >= 0.6 is 11.6 Å². The second-order valence-corrected chi connectivity index (χ2v) is 6.12. The van der Waals surface area contributed by atoms with E-state index in [9.17, 15) is 14.0 Å². The summed E-state index contributed by atoms with van der Waals surface area (Å²) in [6.45, 7) is 0.360. The number of H-pyrrole nitrogens is 1. The fraction of sp³-hybridized carbons (Fsp3) is 0.375. The lowest BCUT2D eigenvalue weighted by molar-refractivity contribution is 0.0804. The lowest BCUT2D eigenvalue weighted by atomic mass is 9.85. The van der Waals surface area contributed by atoms with Crippen molar-refractivity contribution < 1.29 is 18.4 Å². The van der Waals surface area contributed by atoms with Gasteiger partial charge in [-0.2, -0.15) is 5.16 Å². The molecule has 1 aliphatic rings. The maximum absolute atomic E-state index is 14.4. The SMILES string of the molecule is COC(=O)N1CCC(c2cc(=O)[nH]o2)CC1c1ccc(Cl)cc1F. The maximum Gasteiger partial charge on any atom is 0.409 e. The molecule has 3 rings (SSSR count). The number of aromatic amines is 1. The molecule has 0 radical (unpaired) electrons. The predicted octanol–water partition coefficient (Wildman–Crippen LogP) is 3.45. The molecule has 0 saturated carbocycles. The van der Waals surface area contributed by atoms with Crippen molar-refractivity contribution in [1.29, 1.82) is 0 Å². The van der Waals surface area contributed by atoms with E-state index in [1.165, 1.54) is 24.1 Å². The normalized spacial score (nSPS) is 20.9.